The van der Waals surface area contributed by atoms with Crippen LogP contribution >= 0.6 is 0 Å². The monoisotopic (exact) mass is 391 g/mol. The Morgan fingerprint density at radius 2 is 1.93 bits per heavy atom. The molecule has 0 aliphatic carbocycles. The Bertz CT molecular complexity index is 688. The summed E-state index contributed by atoms with van der Waals surface area (Å²) in [7, 11) is 0. The molecule has 2 amide bonds. The van der Waals surface area contributed by atoms with Crippen LogP contribution in [0, 0.1) is 12.3 Å². The number of rotatable bonds is 5. The van der Waals surface area contributed by atoms with Crippen molar-refractivity contribution in [2.24, 2.45) is 5.41 Å². The van der Waals surface area contributed by atoms with E-state index in [1.54, 1.807) is 4.90 Å². The van der Waals surface area contributed by atoms with Gasteiger partial charge in [-0.2, -0.15) is 0 Å². The number of carbonyl (C=O) groups excluding carboxylic acids is 2. The number of carbonyl (C=O) groups is 2. The molecule has 0 saturated carbocycles. The third-order valence-corrected chi connectivity index (χ3v) is 5.50. The summed E-state index contributed by atoms with van der Waals surface area (Å²) in [5.41, 5.74) is -0.481. The highest BCUT2D eigenvalue weighted by Crippen LogP contribution is 2.27. The molecular weight excluding hydrogens is 358 g/mol. The third kappa shape index (κ3) is 4.75. The summed E-state index contributed by atoms with van der Waals surface area (Å²) in [6.07, 6.45) is 1.58. The number of ether oxygens (including phenoxy) is 1. The van der Waals surface area contributed by atoms with Crippen molar-refractivity contribution >= 4 is 11.8 Å². The van der Waals surface area contributed by atoms with Crippen molar-refractivity contribution in [1.29, 1.82) is 0 Å². The molecule has 7 heteroatoms. The quantitative estimate of drug-likeness (QED) is 0.832. The molecule has 2 atom stereocenters. The van der Waals surface area contributed by atoms with Gasteiger partial charge < -0.3 is 19.4 Å². The van der Waals surface area contributed by atoms with Crippen molar-refractivity contribution in [1.82, 2.24) is 15.1 Å². The van der Waals surface area contributed by atoms with Crippen LogP contribution in [0.3, 0.4) is 0 Å². The van der Waals surface area contributed by atoms with Crippen LogP contribution in [-0.4, -0.2) is 67.0 Å². The number of likely N-dealkylation sites (tertiary alicyclic amines) is 1. The predicted octanol–water partition coefficient (Wildman–Crippen LogP) is 2.11. The summed E-state index contributed by atoms with van der Waals surface area (Å²) in [5.74, 6) is 1.68. The standard InChI is InChI=1S/C21H33N3O4/c1-15-7-8-18(28-15)17(23-10-12-27-13-11-23)14-22-19(25)16-6-5-9-24(16)20(26)21(2,3)4/h7-8,16-17H,5-6,9-14H2,1-4H3,(H,22,25). The number of amides is 2. The molecule has 0 spiro atoms. The summed E-state index contributed by atoms with van der Waals surface area (Å²) in [6.45, 7) is 11.7. The van der Waals surface area contributed by atoms with Gasteiger partial charge in [0.1, 0.15) is 17.6 Å². The van der Waals surface area contributed by atoms with E-state index in [9.17, 15) is 9.59 Å². The van der Waals surface area contributed by atoms with Crippen molar-refractivity contribution < 1.29 is 18.7 Å². The van der Waals surface area contributed by atoms with Gasteiger partial charge in [0.2, 0.25) is 11.8 Å². The number of nitrogens with zero attached hydrogens (tertiary/aromatic N) is 2. The number of furan rings is 1. The van der Waals surface area contributed by atoms with Crippen LogP contribution in [0.25, 0.3) is 0 Å². The Labute approximate surface area is 167 Å². The van der Waals surface area contributed by atoms with E-state index >= 15 is 0 Å². The molecule has 156 valence electrons. The summed E-state index contributed by atoms with van der Waals surface area (Å²) in [5, 5.41) is 3.09. The lowest BCUT2D eigenvalue weighted by Crippen LogP contribution is -2.51. The first-order valence-corrected chi connectivity index (χ1v) is 10.2. The maximum atomic E-state index is 12.9. The number of aryl methyl sites for hydroxylation is 1. The van der Waals surface area contributed by atoms with Crippen molar-refractivity contribution in [3.63, 3.8) is 0 Å². The van der Waals surface area contributed by atoms with Crippen LogP contribution < -0.4 is 5.32 Å². The van der Waals surface area contributed by atoms with Gasteiger partial charge in [-0.1, -0.05) is 20.8 Å². The van der Waals surface area contributed by atoms with Crippen molar-refractivity contribution in [2.75, 3.05) is 39.4 Å². The van der Waals surface area contributed by atoms with E-state index in [4.69, 9.17) is 9.15 Å². The first-order chi connectivity index (χ1) is 13.3. The first-order valence-electron chi connectivity index (χ1n) is 10.2. The number of hydrogen-bond acceptors (Lipinski definition) is 5. The second-order valence-corrected chi connectivity index (χ2v) is 8.76. The van der Waals surface area contributed by atoms with Gasteiger partial charge in [0.15, 0.2) is 0 Å². The Balaban J connectivity index is 1.66. The van der Waals surface area contributed by atoms with Gasteiger partial charge in [-0.25, -0.2) is 0 Å². The highest BCUT2D eigenvalue weighted by molar-refractivity contribution is 5.90. The van der Waals surface area contributed by atoms with Crippen LogP contribution in [0.1, 0.15) is 51.2 Å². The molecule has 3 rings (SSSR count). The van der Waals surface area contributed by atoms with E-state index in [1.807, 2.05) is 39.8 Å². The van der Waals surface area contributed by atoms with Gasteiger partial charge in [0.25, 0.3) is 0 Å². The third-order valence-electron chi connectivity index (χ3n) is 5.50. The fourth-order valence-corrected chi connectivity index (χ4v) is 3.96. The fraction of sp³-hybridized carbons (Fsp3) is 0.714. The van der Waals surface area contributed by atoms with Crippen molar-refractivity contribution in [3.8, 4) is 0 Å². The molecule has 3 heterocycles. The normalized spacial score (nSPS) is 22.3. The highest BCUT2D eigenvalue weighted by atomic mass is 16.5. The van der Waals surface area contributed by atoms with E-state index in [2.05, 4.69) is 10.2 Å². The average molecular weight is 392 g/mol. The number of hydrogen-bond donors (Lipinski definition) is 1. The maximum absolute atomic E-state index is 12.9. The second-order valence-electron chi connectivity index (χ2n) is 8.76. The van der Waals surface area contributed by atoms with Gasteiger partial charge >= 0.3 is 0 Å². The highest BCUT2D eigenvalue weighted by Gasteiger charge is 2.38. The Morgan fingerprint density at radius 1 is 1.21 bits per heavy atom. The molecule has 28 heavy (non-hydrogen) atoms. The average Bonchev–Trinajstić information content (AvgIpc) is 3.30. The molecule has 0 bridgehead atoms. The Kier molecular flexibility index (Phi) is 6.45. The van der Waals surface area contributed by atoms with E-state index in [0.717, 1.165) is 37.5 Å². The molecule has 7 nitrogen and oxygen atoms in total. The van der Waals surface area contributed by atoms with E-state index in [1.165, 1.54) is 0 Å². The van der Waals surface area contributed by atoms with Crippen molar-refractivity contribution in [3.05, 3.63) is 23.7 Å². The molecule has 2 unspecified atom stereocenters. The lowest BCUT2D eigenvalue weighted by atomic mass is 9.94. The zero-order valence-electron chi connectivity index (χ0n) is 17.5. The SMILES string of the molecule is Cc1ccc(C(CNC(=O)C2CCCN2C(=O)C(C)(C)C)N2CCOCC2)o1. The van der Waals surface area contributed by atoms with Gasteiger partial charge in [0.05, 0.1) is 19.3 Å². The molecule has 1 N–H and O–H groups in total. The fourth-order valence-electron chi connectivity index (χ4n) is 3.96. The molecular formula is C21H33N3O4. The number of nitrogens with one attached hydrogen (secondary N) is 1. The minimum absolute atomic E-state index is 0.0327. The zero-order valence-corrected chi connectivity index (χ0v) is 17.5. The Hall–Kier alpha value is -1.86. The van der Waals surface area contributed by atoms with E-state index in [0.29, 0.717) is 26.3 Å². The summed E-state index contributed by atoms with van der Waals surface area (Å²) < 4.78 is 11.3. The first kappa shape index (κ1) is 20.9. The molecule has 2 fully saturated rings. The van der Waals surface area contributed by atoms with Crippen LogP contribution in [-0.2, 0) is 14.3 Å². The largest absolute Gasteiger partial charge is 0.465 e. The zero-order chi connectivity index (χ0) is 20.3. The van der Waals surface area contributed by atoms with Gasteiger partial charge in [-0.15, -0.1) is 0 Å². The molecule has 2 aliphatic rings. The van der Waals surface area contributed by atoms with Crippen LogP contribution in [0.5, 0.6) is 0 Å². The molecule has 1 aromatic heterocycles. The lowest BCUT2D eigenvalue weighted by Gasteiger charge is -2.34. The van der Waals surface area contributed by atoms with Crippen molar-refractivity contribution in [2.45, 2.75) is 52.6 Å². The Morgan fingerprint density at radius 3 is 2.54 bits per heavy atom. The molecule has 1 aromatic rings. The molecule has 0 radical (unpaired) electrons. The second kappa shape index (κ2) is 8.66. The van der Waals surface area contributed by atoms with E-state index < -0.39 is 5.41 Å². The summed E-state index contributed by atoms with van der Waals surface area (Å²) >= 11 is 0. The topological polar surface area (TPSA) is 75.0 Å². The van der Waals surface area contributed by atoms with Gasteiger partial charge in [0, 0.05) is 31.6 Å². The van der Waals surface area contributed by atoms with Crippen LogP contribution in [0.15, 0.2) is 16.5 Å². The minimum atomic E-state index is -0.481. The predicted molar refractivity (Wildman–Crippen MR) is 106 cm³/mol. The summed E-state index contributed by atoms with van der Waals surface area (Å²) in [6, 6.07) is 3.52. The lowest BCUT2D eigenvalue weighted by molar-refractivity contribution is -0.144. The minimum Gasteiger partial charge on any atom is -0.465 e. The van der Waals surface area contributed by atoms with E-state index in [-0.39, 0.29) is 23.9 Å². The van der Waals surface area contributed by atoms with Gasteiger partial charge in [-0.3, -0.25) is 14.5 Å². The van der Waals surface area contributed by atoms with Crippen LogP contribution in [0.2, 0.25) is 0 Å². The maximum Gasteiger partial charge on any atom is 0.242 e. The summed E-state index contributed by atoms with van der Waals surface area (Å²) in [4.78, 5) is 29.7. The molecule has 0 aromatic carbocycles. The van der Waals surface area contributed by atoms with Gasteiger partial charge in [-0.05, 0) is 31.9 Å². The molecule has 2 aliphatic heterocycles. The van der Waals surface area contributed by atoms with Crippen LogP contribution in [0.4, 0.5) is 0 Å². The smallest absolute Gasteiger partial charge is 0.242 e. The molecule has 2 saturated heterocycles. The number of morpholine rings is 1.